The normalized spacial score (nSPS) is 15.0. The predicted octanol–water partition coefficient (Wildman–Crippen LogP) is 0.369. The molecule has 0 saturated heterocycles. The molecule has 0 saturated carbocycles. The fourth-order valence-electron chi connectivity index (χ4n) is 3.34. The van der Waals surface area contributed by atoms with Crippen LogP contribution in [0.15, 0.2) is 30.3 Å². The topological polar surface area (TPSA) is 188 Å². The van der Waals surface area contributed by atoms with E-state index in [9.17, 15) is 34.2 Å². The number of carbonyl (C=O) groups is 5. The van der Waals surface area contributed by atoms with E-state index in [4.69, 9.17) is 5.73 Å². The van der Waals surface area contributed by atoms with Crippen molar-refractivity contribution in [1.29, 1.82) is 0 Å². The van der Waals surface area contributed by atoms with Crippen LogP contribution in [0, 0.1) is 5.92 Å². The zero-order chi connectivity index (χ0) is 27.3. The molecule has 1 rings (SSSR count). The summed E-state index contributed by atoms with van der Waals surface area (Å²) in [6.07, 6.45) is 1.94. The van der Waals surface area contributed by atoms with Gasteiger partial charge in [-0.2, -0.15) is 11.8 Å². The lowest BCUT2D eigenvalue weighted by Gasteiger charge is -2.26. The number of hydrogen-bond acceptors (Lipinski definition) is 7. The molecule has 7 N–H and O–H groups in total. The summed E-state index contributed by atoms with van der Waals surface area (Å²) in [5, 5.41) is 26.0. The molecule has 5 atom stereocenters. The average molecular weight is 525 g/mol. The number of thioether (sulfide) groups is 1. The molecule has 12 heteroatoms. The Kier molecular flexibility index (Phi) is 13.6. The maximum Gasteiger partial charge on any atom is 0.326 e. The van der Waals surface area contributed by atoms with Crippen LogP contribution in [0.25, 0.3) is 0 Å². The van der Waals surface area contributed by atoms with Crippen molar-refractivity contribution < 1.29 is 34.2 Å². The van der Waals surface area contributed by atoms with Gasteiger partial charge in [-0.1, -0.05) is 50.6 Å². The van der Waals surface area contributed by atoms with Gasteiger partial charge in [0.05, 0.1) is 12.5 Å². The summed E-state index contributed by atoms with van der Waals surface area (Å²) in [4.78, 5) is 61.4. The molecule has 0 heterocycles. The molecule has 1 aromatic rings. The molecule has 36 heavy (non-hydrogen) atoms. The summed E-state index contributed by atoms with van der Waals surface area (Å²) in [6, 6.07) is 4.18. The fraction of sp³-hybridized carbons (Fsp3) is 0.542. The lowest BCUT2D eigenvalue weighted by Crippen LogP contribution is -2.58. The zero-order valence-electron chi connectivity index (χ0n) is 20.7. The molecular weight excluding hydrogens is 488 g/mol. The second-order valence-electron chi connectivity index (χ2n) is 8.51. The average Bonchev–Trinajstić information content (AvgIpc) is 2.83. The van der Waals surface area contributed by atoms with E-state index in [2.05, 4.69) is 16.0 Å². The standard InChI is InChI=1S/C24H36N4O7S/c1-4-14(2)20(24(34)35)28-22(32)17(10-11-36-3)26-23(33)18(13-19(29)30)27-21(31)16(25)12-15-8-6-5-7-9-15/h5-9,14,16-18,20H,4,10-13,25H2,1-3H3,(H,26,33)(H,27,31)(H,28,32)(H,29,30)(H,34,35). The number of amides is 3. The van der Waals surface area contributed by atoms with E-state index in [1.807, 2.05) is 6.07 Å². The monoisotopic (exact) mass is 524 g/mol. The van der Waals surface area contributed by atoms with Crippen LogP contribution in [-0.2, 0) is 30.4 Å². The number of aliphatic carboxylic acids is 2. The Balaban J connectivity index is 2.97. The first kappa shape index (κ1) is 30.9. The Morgan fingerprint density at radius 2 is 1.53 bits per heavy atom. The van der Waals surface area contributed by atoms with E-state index in [0.29, 0.717) is 12.2 Å². The van der Waals surface area contributed by atoms with Crippen molar-refractivity contribution in [3.05, 3.63) is 35.9 Å². The van der Waals surface area contributed by atoms with E-state index in [1.54, 1.807) is 44.4 Å². The van der Waals surface area contributed by atoms with Gasteiger partial charge >= 0.3 is 11.9 Å². The van der Waals surface area contributed by atoms with Gasteiger partial charge in [0.1, 0.15) is 18.1 Å². The van der Waals surface area contributed by atoms with Gasteiger partial charge in [0.25, 0.3) is 0 Å². The summed E-state index contributed by atoms with van der Waals surface area (Å²) in [5.41, 5.74) is 6.75. The van der Waals surface area contributed by atoms with Gasteiger partial charge < -0.3 is 31.9 Å². The Labute approximate surface area is 215 Å². The van der Waals surface area contributed by atoms with Gasteiger partial charge in [0.2, 0.25) is 17.7 Å². The summed E-state index contributed by atoms with van der Waals surface area (Å²) in [6.45, 7) is 3.48. The van der Waals surface area contributed by atoms with Crippen molar-refractivity contribution in [3.63, 3.8) is 0 Å². The summed E-state index contributed by atoms with van der Waals surface area (Å²) >= 11 is 1.42. The first-order valence-corrected chi connectivity index (χ1v) is 13.0. The number of benzene rings is 1. The number of carbonyl (C=O) groups excluding carboxylic acids is 3. The molecule has 5 unspecified atom stereocenters. The number of nitrogens with one attached hydrogen (secondary N) is 3. The third-order valence-corrected chi connectivity index (χ3v) is 6.31. The molecular formula is C24H36N4O7S. The van der Waals surface area contributed by atoms with Crippen LogP contribution in [-0.4, -0.2) is 76.0 Å². The molecule has 200 valence electrons. The van der Waals surface area contributed by atoms with Crippen molar-refractivity contribution in [2.24, 2.45) is 11.7 Å². The van der Waals surface area contributed by atoms with E-state index in [-0.39, 0.29) is 18.8 Å². The second kappa shape index (κ2) is 15.8. The SMILES string of the molecule is CCC(C)C(NC(=O)C(CCSC)NC(=O)C(CC(=O)O)NC(=O)C(N)Cc1ccccc1)C(=O)O. The summed E-state index contributed by atoms with van der Waals surface area (Å²) in [7, 11) is 0. The number of carboxylic acids is 2. The highest BCUT2D eigenvalue weighted by Gasteiger charge is 2.32. The van der Waals surface area contributed by atoms with Gasteiger partial charge in [-0.25, -0.2) is 4.79 Å². The van der Waals surface area contributed by atoms with Crippen molar-refractivity contribution >= 4 is 41.4 Å². The fourth-order valence-corrected chi connectivity index (χ4v) is 3.81. The molecule has 0 radical (unpaired) electrons. The highest BCUT2D eigenvalue weighted by atomic mass is 32.2. The first-order valence-electron chi connectivity index (χ1n) is 11.6. The quantitative estimate of drug-likeness (QED) is 0.177. The van der Waals surface area contributed by atoms with Crippen LogP contribution in [0.1, 0.15) is 38.7 Å². The molecule has 0 bridgehead atoms. The van der Waals surface area contributed by atoms with Crippen LogP contribution in [0.3, 0.4) is 0 Å². The first-order chi connectivity index (χ1) is 17.0. The Bertz CT molecular complexity index is 900. The second-order valence-corrected chi connectivity index (χ2v) is 9.49. The lowest BCUT2D eigenvalue weighted by molar-refractivity contribution is -0.144. The van der Waals surface area contributed by atoms with E-state index >= 15 is 0 Å². The molecule has 0 fully saturated rings. The minimum Gasteiger partial charge on any atom is -0.481 e. The highest BCUT2D eigenvalue weighted by molar-refractivity contribution is 7.98. The van der Waals surface area contributed by atoms with Crippen LogP contribution in [0.4, 0.5) is 0 Å². The van der Waals surface area contributed by atoms with Crippen molar-refractivity contribution in [1.82, 2.24) is 16.0 Å². The largest absolute Gasteiger partial charge is 0.481 e. The van der Waals surface area contributed by atoms with Gasteiger partial charge in [-0.3, -0.25) is 19.2 Å². The third-order valence-electron chi connectivity index (χ3n) is 5.67. The van der Waals surface area contributed by atoms with Crippen LogP contribution < -0.4 is 21.7 Å². The lowest BCUT2D eigenvalue weighted by atomic mass is 9.98. The number of nitrogens with two attached hydrogens (primary N) is 1. The van der Waals surface area contributed by atoms with Crippen molar-refractivity contribution in [2.75, 3.05) is 12.0 Å². The molecule has 3 amide bonds. The minimum absolute atomic E-state index is 0.173. The van der Waals surface area contributed by atoms with E-state index < -0.39 is 60.2 Å². The number of hydrogen-bond donors (Lipinski definition) is 6. The maximum atomic E-state index is 12.9. The minimum atomic E-state index is -1.48. The number of rotatable bonds is 16. The van der Waals surface area contributed by atoms with Crippen LogP contribution in [0.5, 0.6) is 0 Å². The Morgan fingerprint density at radius 1 is 0.944 bits per heavy atom. The summed E-state index contributed by atoms with van der Waals surface area (Å²) in [5.74, 6) is -4.71. The van der Waals surface area contributed by atoms with Gasteiger partial charge in [-0.05, 0) is 36.3 Å². The highest BCUT2D eigenvalue weighted by Crippen LogP contribution is 2.10. The predicted molar refractivity (Wildman–Crippen MR) is 136 cm³/mol. The van der Waals surface area contributed by atoms with Crippen LogP contribution >= 0.6 is 11.8 Å². The van der Waals surface area contributed by atoms with E-state index in [0.717, 1.165) is 5.56 Å². The third kappa shape index (κ3) is 10.6. The maximum absolute atomic E-state index is 12.9. The smallest absolute Gasteiger partial charge is 0.326 e. The van der Waals surface area contributed by atoms with Gasteiger partial charge in [0, 0.05) is 0 Å². The van der Waals surface area contributed by atoms with Gasteiger partial charge in [-0.15, -0.1) is 0 Å². The molecule has 0 spiro atoms. The zero-order valence-corrected chi connectivity index (χ0v) is 21.5. The van der Waals surface area contributed by atoms with Crippen molar-refractivity contribution in [2.45, 2.75) is 63.7 Å². The molecule has 1 aromatic carbocycles. The summed E-state index contributed by atoms with van der Waals surface area (Å²) < 4.78 is 0. The van der Waals surface area contributed by atoms with E-state index in [1.165, 1.54) is 11.8 Å². The molecule has 11 nitrogen and oxygen atoms in total. The Hall–Kier alpha value is -3.12. The molecule has 0 aliphatic heterocycles. The molecule has 0 aromatic heterocycles. The molecule has 0 aliphatic carbocycles. The van der Waals surface area contributed by atoms with Crippen molar-refractivity contribution in [3.8, 4) is 0 Å². The van der Waals surface area contributed by atoms with Gasteiger partial charge in [0.15, 0.2) is 0 Å². The van der Waals surface area contributed by atoms with Crippen LogP contribution in [0.2, 0.25) is 0 Å². The Morgan fingerprint density at radius 3 is 2.06 bits per heavy atom. The number of carboxylic acid groups (broad SMARTS) is 2. The molecule has 0 aliphatic rings.